The highest BCUT2D eigenvalue weighted by atomic mass is 16.5. The van der Waals surface area contributed by atoms with Crippen LogP contribution in [0.25, 0.3) is 6.08 Å². The number of carbonyl (C=O) groups excluding carboxylic acids is 1. The normalized spacial score (nSPS) is 31.7. The number of carbonyl (C=O) groups is 1. The average Bonchev–Trinajstić information content (AvgIpc) is 3.23. The molecular formula is C32H38N2O3. The molecule has 0 radical (unpaired) electrons. The Morgan fingerprint density at radius 1 is 1.22 bits per heavy atom. The van der Waals surface area contributed by atoms with Gasteiger partial charge in [0.05, 0.1) is 17.1 Å². The van der Waals surface area contributed by atoms with Crippen molar-refractivity contribution in [3.63, 3.8) is 0 Å². The van der Waals surface area contributed by atoms with Crippen molar-refractivity contribution in [1.29, 1.82) is 0 Å². The molecular weight excluding hydrogens is 460 g/mol. The van der Waals surface area contributed by atoms with Gasteiger partial charge in [-0.05, 0) is 61.4 Å². The van der Waals surface area contributed by atoms with Crippen molar-refractivity contribution in [3.8, 4) is 5.75 Å². The number of likely N-dealkylation sites (tertiary alicyclic amines) is 1. The van der Waals surface area contributed by atoms with Gasteiger partial charge in [-0.25, -0.2) is 0 Å². The van der Waals surface area contributed by atoms with Gasteiger partial charge >= 0.3 is 0 Å². The second-order valence-corrected chi connectivity index (χ2v) is 11.7. The first-order valence-corrected chi connectivity index (χ1v) is 13.8. The fourth-order valence-corrected chi connectivity index (χ4v) is 7.89. The van der Waals surface area contributed by atoms with Gasteiger partial charge in [-0.1, -0.05) is 62.4 Å². The van der Waals surface area contributed by atoms with Crippen molar-refractivity contribution >= 4 is 12.0 Å². The standard InChI is InChI=1S/C32H38N2O3/c1-4-18-33-19-17-31-29-24-11-8-12-26(29)37-30(31)25(15-16-32(31,36)27(33)20-24)34(21-22(2)3)28(35)14-13-23-9-6-5-7-10-23/h4-14,22,25,27,30,36H,1,15-21H2,2-3H3/b14-13+/t25?,27-,30?,31+,32-/m1/s1. The van der Waals surface area contributed by atoms with Gasteiger partial charge in [0.1, 0.15) is 11.9 Å². The minimum Gasteiger partial charge on any atom is -0.487 e. The molecule has 2 aromatic carbocycles. The molecule has 1 saturated carbocycles. The van der Waals surface area contributed by atoms with Crippen LogP contribution in [0.15, 0.2) is 67.3 Å². The summed E-state index contributed by atoms with van der Waals surface area (Å²) in [4.78, 5) is 18.2. The van der Waals surface area contributed by atoms with Crippen molar-refractivity contribution in [1.82, 2.24) is 9.80 Å². The largest absolute Gasteiger partial charge is 0.487 e. The summed E-state index contributed by atoms with van der Waals surface area (Å²) in [5.74, 6) is 1.24. The van der Waals surface area contributed by atoms with Crippen molar-refractivity contribution in [3.05, 3.63) is 84.0 Å². The molecule has 194 valence electrons. The molecule has 2 unspecified atom stereocenters. The van der Waals surface area contributed by atoms with Crippen molar-refractivity contribution in [2.45, 2.75) is 68.7 Å². The maximum Gasteiger partial charge on any atom is 0.246 e. The highest BCUT2D eigenvalue weighted by Crippen LogP contribution is 2.64. The van der Waals surface area contributed by atoms with E-state index in [4.69, 9.17) is 4.74 Å². The summed E-state index contributed by atoms with van der Waals surface area (Å²) in [5, 5.41) is 12.6. The maximum absolute atomic E-state index is 13.8. The van der Waals surface area contributed by atoms with Gasteiger partial charge in [-0.3, -0.25) is 9.69 Å². The van der Waals surface area contributed by atoms with Gasteiger partial charge in [0.15, 0.2) is 0 Å². The van der Waals surface area contributed by atoms with Gasteiger partial charge in [0.2, 0.25) is 5.91 Å². The van der Waals surface area contributed by atoms with Gasteiger partial charge in [-0.15, -0.1) is 6.58 Å². The summed E-state index contributed by atoms with van der Waals surface area (Å²) in [7, 11) is 0. The zero-order valence-corrected chi connectivity index (χ0v) is 22.0. The predicted molar refractivity (Wildman–Crippen MR) is 146 cm³/mol. The lowest BCUT2D eigenvalue weighted by Crippen LogP contribution is -2.78. The number of nitrogens with zero attached hydrogens (tertiary/aromatic N) is 2. The number of rotatable bonds is 7. The molecule has 2 bridgehead atoms. The zero-order chi connectivity index (χ0) is 25.8. The molecule has 1 saturated heterocycles. The third-order valence-corrected chi connectivity index (χ3v) is 9.27. The Hall–Kier alpha value is -2.89. The van der Waals surface area contributed by atoms with E-state index in [1.54, 1.807) is 6.08 Å². The first-order valence-electron chi connectivity index (χ1n) is 13.8. The fourth-order valence-electron chi connectivity index (χ4n) is 7.89. The maximum atomic E-state index is 13.8. The molecule has 2 aromatic rings. The number of ether oxygens (including phenoxy) is 1. The quantitative estimate of drug-likeness (QED) is 0.448. The van der Waals surface area contributed by atoms with Crippen LogP contribution >= 0.6 is 0 Å². The number of piperidine rings is 1. The molecule has 2 heterocycles. The van der Waals surface area contributed by atoms with E-state index in [0.29, 0.717) is 18.9 Å². The Balaban J connectivity index is 1.41. The molecule has 2 fully saturated rings. The monoisotopic (exact) mass is 498 g/mol. The van der Waals surface area contributed by atoms with E-state index in [1.165, 1.54) is 11.1 Å². The van der Waals surface area contributed by atoms with Gasteiger partial charge in [0.25, 0.3) is 0 Å². The lowest BCUT2D eigenvalue weighted by Gasteiger charge is -2.64. The molecule has 4 aliphatic rings. The van der Waals surface area contributed by atoms with Crippen LogP contribution in [0.3, 0.4) is 0 Å². The third-order valence-electron chi connectivity index (χ3n) is 9.27. The van der Waals surface area contributed by atoms with Crippen LogP contribution in [-0.2, 0) is 16.6 Å². The van der Waals surface area contributed by atoms with Crippen LogP contribution in [0, 0.1) is 5.92 Å². The summed E-state index contributed by atoms with van der Waals surface area (Å²) < 4.78 is 6.81. The van der Waals surface area contributed by atoms with Gasteiger partial charge < -0.3 is 14.7 Å². The summed E-state index contributed by atoms with van der Waals surface area (Å²) in [5.41, 5.74) is 2.12. The topological polar surface area (TPSA) is 53.0 Å². The van der Waals surface area contributed by atoms with Gasteiger partial charge in [-0.2, -0.15) is 0 Å². The number of hydrogen-bond acceptors (Lipinski definition) is 4. The molecule has 5 heteroatoms. The van der Waals surface area contributed by atoms with Crippen LogP contribution in [0.5, 0.6) is 5.75 Å². The fraction of sp³-hybridized carbons (Fsp3) is 0.469. The Labute approximate surface area is 220 Å². The summed E-state index contributed by atoms with van der Waals surface area (Å²) in [6.45, 7) is 10.6. The van der Waals surface area contributed by atoms with Crippen molar-refractivity contribution in [2.75, 3.05) is 19.6 Å². The first-order chi connectivity index (χ1) is 17.9. The summed E-state index contributed by atoms with van der Waals surface area (Å²) in [6, 6.07) is 16.2. The van der Waals surface area contributed by atoms with E-state index >= 15 is 0 Å². The van der Waals surface area contributed by atoms with E-state index in [0.717, 1.165) is 43.7 Å². The Bertz CT molecular complexity index is 1220. The smallest absolute Gasteiger partial charge is 0.246 e. The molecule has 6 rings (SSSR count). The number of hydrogen-bond donors (Lipinski definition) is 1. The van der Waals surface area contributed by atoms with E-state index in [1.807, 2.05) is 47.4 Å². The van der Waals surface area contributed by atoms with Crippen LogP contribution in [0.1, 0.15) is 49.8 Å². The predicted octanol–water partition coefficient (Wildman–Crippen LogP) is 4.59. The van der Waals surface area contributed by atoms with E-state index in [9.17, 15) is 9.90 Å². The number of benzene rings is 2. The number of aliphatic hydroxyl groups is 1. The molecule has 5 atom stereocenters. The van der Waals surface area contributed by atoms with Crippen LogP contribution in [-0.4, -0.2) is 64.2 Å². The highest BCUT2D eigenvalue weighted by Gasteiger charge is 2.73. The summed E-state index contributed by atoms with van der Waals surface area (Å²) in [6.07, 6.45) is 8.33. The van der Waals surface area contributed by atoms with Crippen molar-refractivity contribution in [2.24, 2.45) is 5.92 Å². The zero-order valence-electron chi connectivity index (χ0n) is 22.0. The SMILES string of the molecule is C=CCN1CC[C@]23c4c5cccc4OC2C(N(CC(C)C)C(=O)/C=C/c2ccccc2)CC[C@@]3(O)[C@H]1C5. The molecule has 2 aliphatic carbocycles. The van der Waals surface area contributed by atoms with Gasteiger partial charge in [0, 0.05) is 30.8 Å². The lowest BCUT2D eigenvalue weighted by molar-refractivity contribution is -0.199. The molecule has 5 nitrogen and oxygen atoms in total. The minimum atomic E-state index is -0.887. The lowest BCUT2D eigenvalue weighted by atomic mass is 9.48. The Morgan fingerprint density at radius 2 is 2.03 bits per heavy atom. The average molecular weight is 499 g/mol. The Kier molecular flexibility index (Phi) is 6.04. The summed E-state index contributed by atoms with van der Waals surface area (Å²) >= 11 is 0. The van der Waals surface area contributed by atoms with Crippen LogP contribution < -0.4 is 4.74 Å². The molecule has 1 N–H and O–H groups in total. The Morgan fingerprint density at radius 3 is 2.78 bits per heavy atom. The van der Waals surface area contributed by atoms with Crippen LogP contribution in [0.4, 0.5) is 0 Å². The third kappa shape index (κ3) is 3.62. The van der Waals surface area contributed by atoms with E-state index < -0.39 is 11.0 Å². The molecule has 1 spiro atoms. The highest BCUT2D eigenvalue weighted by molar-refractivity contribution is 5.92. The van der Waals surface area contributed by atoms with Crippen LogP contribution in [0.2, 0.25) is 0 Å². The van der Waals surface area contributed by atoms with Crippen molar-refractivity contribution < 1.29 is 14.6 Å². The molecule has 37 heavy (non-hydrogen) atoms. The second kappa shape index (κ2) is 9.14. The molecule has 0 aromatic heterocycles. The molecule has 2 aliphatic heterocycles. The number of amides is 1. The van der Waals surface area contributed by atoms with E-state index in [-0.39, 0.29) is 24.1 Å². The molecule has 1 amide bonds. The van der Waals surface area contributed by atoms with E-state index in [2.05, 4.69) is 43.5 Å². The second-order valence-electron chi connectivity index (χ2n) is 11.7. The first kappa shape index (κ1) is 24.4. The minimum absolute atomic E-state index is 0.0145.